The number of carbonyl (C=O) groups excluding carboxylic acids is 2. The molecule has 8 heteroatoms. The first-order valence-electron chi connectivity index (χ1n) is 11.1. The minimum absolute atomic E-state index is 0.0333. The fourth-order valence-corrected chi connectivity index (χ4v) is 4.95. The molecule has 0 aliphatic carbocycles. The van der Waals surface area contributed by atoms with Crippen molar-refractivity contribution in [2.45, 2.75) is 5.92 Å². The average molecular weight is 477 g/mol. The van der Waals surface area contributed by atoms with Crippen LogP contribution in [0.5, 0.6) is 5.75 Å². The van der Waals surface area contributed by atoms with Crippen molar-refractivity contribution in [1.29, 1.82) is 0 Å². The number of aromatic amines is 1. The lowest BCUT2D eigenvalue weighted by Gasteiger charge is -2.17. The number of fused-ring (bicyclic) bond motifs is 4. The number of phenolic OH excluding ortho intramolecular Hbond substituents is 1. The second-order valence-electron chi connectivity index (χ2n) is 8.91. The van der Waals surface area contributed by atoms with Gasteiger partial charge in [0.05, 0.1) is 12.2 Å². The summed E-state index contributed by atoms with van der Waals surface area (Å²) >= 11 is 6.30. The molecule has 0 saturated heterocycles. The monoisotopic (exact) mass is 476 g/mol. The number of nitrogens with one attached hydrogen (secondary N) is 2. The Morgan fingerprint density at radius 3 is 2.65 bits per heavy atom. The number of halogens is 1. The van der Waals surface area contributed by atoms with E-state index in [1.807, 2.05) is 56.6 Å². The lowest BCUT2D eigenvalue weighted by Crippen LogP contribution is -2.30. The Balaban J connectivity index is 1.48. The van der Waals surface area contributed by atoms with Crippen LogP contribution in [0.15, 0.2) is 54.6 Å². The summed E-state index contributed by atoms with van der Waals surface area (Å²) in [5.74, 6) is 0.165. The molecule has 7 nitrogen and oxygen atoms in total. The predicted octanol–water partition coefficient (Wildman–Crippen LogP) is 4.51. The van der Waals surface area contributed by atoms with E-state index < -0.39 is 0 Å². The molecule has 2 amide bonds. The van der Waals surface area contributed by atoms with E-state index in [2.05, 4.69) is 10.3 Å². The zero-order valence-electron chi connectivity index (χ0n) is 18.9. The predicted molar refractivity (Wildman–Crippen MR) is 136 cm³/mol. The average Bonchev–Trinajstić information content (AvgIpc) is 3.39. The molecular weight excluding hydrogens is 452 g/mol. The number of rotatable bonds is 5. The molecule has 1 aliphatic heterocycles. The Hall–Kier alpha value is -3.55. The van der Waals surface area contributed by atoms with E-state index in [0.717, 1.165) is 27.2 Å². The van der Waals surface area contributed by atoms with Gasteiger partial charge in [-0.2, -0.15) is 0 Å². The molecular formula is C26H25ClN4O3. The molecule has 0 radical (unpaired) electrons. The van der Waals surface area contributed by atoms with Crippen LogP contribution in [-0.2, 0) is 4.79 Å². The van der Waals surface area contributed by atoms with E-state index in [1.165, 1.54) is 0 Å². The van der Waals surface area contributed by atoms with Crippen molar-refractivity contribution >= 4 is 56.5 Å². The Labute approximate surface area is 201 Å². The number of benzene rings is 3. The van der Waals surface area contributed by atoms with Crippen LogP contribution in [0.2, 0.25) is 0 Å². The van der Waals surface area contributed by atoms with Gasteiger partial charge in [0, 0.05) is 46.4 Å². The van der Waals surface area contributed by atoms with Crippen LogP contribution in [0.1, 0.15) is 22.0 Å². The van der Waals surface area contributed by atoms with Crippen molar-refractivity contribution in [2.24, 2.45) is 0 Å². The second-order valence-corrected chi connectivity index (χ2v) is 9.22. The first kappa shape index (κ1) is 22.3. The quantitative estimate of drug-likeness (QED) is 0.370. The minimum Gasteiger partial charge on any atom is -0.507 e. The Morgan fingerprint density at radius 2 is 1.91 bits per heavy atom. The van der Waals surface area contributed by atoms with Gasteiger partial charge in [-0.05, 0) is 43.2 Å². The molecule has 1 aliphatic rings. The van der Waals surface area contributed by atoms with Crippen LogP contribution in [0.4, 0.5) is 11.4 Å². The third-order valence-corrected chi connectivity index (χ3v) is 6.54. The van der Waals surface area contributed by atoms with Crippen LogP contribution < -0.4 is 10.2 Å². The molecule has 1 aromatic heterocycles. The number of phenols is 1. The fourth-order valence-electron chi connectivity index (χ4n) is 4.70. The summed E-state index contributed by atoms with van der Waals surface area (Å²) in [7, 11) is 3.67. The highest BCUT2D eigenvalue weighted by atomic mass is 35.5. The number of amides is 2. The molecule has 1 unspecified atom stereocenters. The van der Waals surface area contributed by atoms with Crippen LogP contribution in [0.3, 0.4) is 0 Å². The molecule has 0 bridgehead atoms. The maximum absolute atomic E-state index is 13.6. The smallest absolute Gasteiger partial charge is 0.274 e. The zero-order valence-corrected chi connectivity index (χ0v) is 19.7. The van der Waals surface area contributed by atoms with Crippen LogP contribution in [-0.4, -0.2) is 59.9 Å². The zero-order chi connectivity index (χ0) is 24.0. The summed E-state index contributed by atoms with van der Waals surface area (Å²) in [4.78, 5) is 32.3. The van der Waals surface area contributed by atoms with Crippen molar-refractivity contribution in [3.8, 4) is 5.75 Å². The van der Waals surface area contributed by atoms with Crippen LogP contribution in [0.25, 0.3) is 21.7 Å². The first-order chi connectivity index (χ1) is 16.4. The second kappa shape index (κ2) is 8.66. The van der Waals surface area contributed by atoms with Gasteiger partial charge in [0.25, 0.3) is 5.91 Å². The molecule has 5 rings (SSSR count). The maximum atomic E-state index is 13.6. The molecule has 0 fully saturated rings. The van der Waals surface area contributed by atoms with Crippen molar-refractivity contribution in [3.63, 3.8) is 0 Å². The van der Waals surface area contributed by atoms with Gasteiger partial charge in [0.2, 0.25) is 5.91 Å². The third-order valence-electron chi connectivity index (χ3n) is 6.17. The molecule has 4 aromatic rings. The fraction of sp³-hybridized carbons (Fsp3) is 0.231. The number of alkyl halides is 1. The van der Waals surface area contributed by atoms with Gasteiger partial charge >= 0.3 is 0 Å². The standard InChI is InChI=1S/C26H25ClN4O3/c1-30(2)14-24(33)28-17-8-7-15-9-21(29-20(15)10-17)26(34)31-13-16(12-27)25-19-6-4-3-5-18(19)23(32)11-22(25)31/h3-11,16,29,32H,12-14H2,1-2H3,(H,28,33). The number of carbonyl (C=O) groups is 2. The number of likely N-dealkylation sites (N-methyl/N-ethyl adjacent to an activating group) is 1. The lowest BCUT2D eigenvalue weighted by molar-refractivity contribution is -0.116. The van der Waals surface area contributed by atoms with Gasteiger partial charge in [-0.25, -0.2) is 0 Å². The maximum Gasteiger partial charge on any atom is 0.274 e. The Kier molecular flexibility index (Phi) is 5.67. The molecule has 0 spiro atoms. The summed E-state index contributed by atoms with van der Waals surface area (Å²) in [6, 6.07) is 16.6. The van der Waals surface area contributed by atoms with Gasteiger partial charge in [-0.1, -0.05) is 30.3 Å². The molecule has 0 saturated carbocycles. The summed E-state index contributed by atoms with van der Waals surface area (Å²) in [6.07, 6.45) is 0. The van der Waals surface area contributed by atoms with Gasteiger partial charge in [0.1, 0.15) is 11.4 Å². The topological polar surface area (TPSA) is 88.7 Å². The summed E-state index contributed by atoms with van der Waals surface area (Å²) in [5, 5.41) is 16.0. The molecule has 2 heterocycles. The highest BCUT2D eigenvalue weighted by Crippen LogP contribution is 2.45. The van der Waals surface area contributed by atoms with Gasteiger partial charge < -0.3 is 25.2 Å². The number of aromatic nitrogens is 1. The van der Waals surface area contributed by atoms with Crippen molar-refractivity contribution in [3.05, 3.63) is 65.9 Å². The number of anilines is 2. The highest BCUT2D eigenvalue weighted by Gasteiger charge is 2.35. The Bertz CT molecular complexity index is 1430. The third kappa shape index (κ3) is 3.87. The van der Waals surface area contributed by atoms with E-state index in [0.29, 0.717) is 29.5 Å². The SMILES string of the molecule is CN(C)CC(=O)Nc1ccc2cc(C(=O)N3CC(CCl)c4c3cc(O)c3ccccc43)[nH]c2c1. The van der Waals surface area contributed by atoms with Crippen molar-refractivity contribution in [1.82, 2.24) is 9.88 Å². The van der Waals surface area contributed by atoms with E-state index in [-0.39, 0.29) is 30.0 Å². The van der Waals surface area contributed by atoms with Crippen molar-refractivity contribution in [2.75, 3.05) is 43.3 Å². The van der Waals surface area contributed by atoms with Crippen molar-refractivity contribution < 1.29 is 14.7 Å². The number of hydrogen-bond donors (Lipinski definition) is 3. The van der Waals surface area contributed by atoms with E-state index in [4.69, 9.17) is 11.6 Å². The molecule has 1 atom stereocenters. The normalized spacial score (nSPS) is 15.3. The van der Waals surface area contributed by atoms with Gasteiger partial charge in [-0.15, -0.1) is 11.6 Å². The summed E-state index contributed by atoms with van der Waals surface area (Å²) < 4.78 is 0. The highest BCUT2D eigenvalue weighted by molar-refractivity contribution is 6.19. The molecule has 174 valence electrons. The summed E-state index contributed by atoms with van der Waals surface area (Å²) in [6.45, 7) is 0.719. The molecule has 3 aromatic carbocycles. The largest absolute Gasteiger partial charge is 0.507 e. The number of hydrogen-bond acceptors (Lipinski definition) is 4. The Morgan fingerprint density at radius 1 is 1.15 bits per heavy atom. The number of nitrogens with zero attached hydrogens (tertiary/aromatic N) is 2. The van der Waals surface area contributed by atoms with E-state index >= 15 is 0 Å². The molecule has 3 N–H and O–H groups in total. The van der Waals surface area contributed by atoms with E-state index in [1.54, 1.807) is 21.9 Å². The van der Waals surface area contributed by atoms with Gasteiger partial charge in [-0.3, -0.25) is 9.59 Å². The van der Waals surface area contributed by atoms with Gasteiger partial charge in [0.15, 0.2) is 0 Å². The first-order valence-corrected chi connectivity index (χ1v) is 11.6. The summed E-state index contributed by atoms with van der Waals surface area (Å²) in [5.41, 5.74) is 3.51. The van der Waals surface area contributed by atoms with E-state index in [9.17, 15) is 14.7 Å². The number of H-pyrrole nitrogens is 1. The molecule has 34 heavy (non-hydrogen) atoms. The van der Waals surface area contributed by atoms with Crippen LogP contribution >= 0.6 is 11.6 Å². The lowest BCUT2D eigenvalue weighted by atomic mass is 9.95. The minimum atomic E-state index is -0.196. The number of aromatic hydroxyl groups is 1. The van der Waals surface area contributed by atoms with Crippen LogP contribution in [0, 0.1) is 0 Å².